The van der Waals surface area contributed by atoms with Crippen molar-refractivity contribution in [1.29, 1.82) is 0 Å². The summed E-state index contributed by atoms with van der Waals surface area (Å²) < 4.78 is 35.7. The SMILES string of the molecule is C1CCC([NH2+]C2CCCCC2)CC1.C1CCC([NH2+]C2CCCCC2)CC1.C1CCC([NH2+]C2CCCCC2)CC1.Nc1ncnc2c1ncn2[C@@H]1O[C@H](COP(=O)([O-])OP(=O)([O-])[O-])[C@@H](O)[C@H]1O. The Bertz CT molecular complexity index is 1630. The van der Waals surface area contributed by atoms with Gasteiger partial charge >= 0.3 is 0 Å². The number of fused-ring (bicyclic) bond motifs is 1. The van der Waals surface area contributed by atoms with Gasteiger partial charge in [-0.3, -0.25) is 13.4 Å². The van der Waals surface area contributed by atoms with Crippen molar-refractivity contribution in [2.45, 2.75) is 253 Å². The van der Waals surface area contributed by atoms with Gasteiger partial charge in [0.1, 0.15) is 30.2 Å². The molecule has 0 bridgehead atoms. The fourth-order valence-corrected chi connectivity index (χ4v) is 13.1. The van der Waals surface area contributed by atoms with E-state index < -0.39 is 46.8 Å². The van der Waals surface area contributed by atoms with E-state index in [4.69, 9.17) is 10.5 Å². The van der Waals surface area contributed by atoms with Crippen molar-refractivity contribution in [1.82, 2.24) is 19.5 Å². The Morgan fingerprint density at radius 1 is 0.591 bits per heavy atom. The number of aliphatic hydroxyl groups is 2. The Labute approximate surface area is 393 Å². The average Bonchev–Trinajstić information content (AvgIpc) is 3.88. The molecule has 2 aromatic heterocycles. The van der Waals surface area contributed by atoms with Gasteiger partial charge in [0.25, 0.3) is 7.82 Å². The molecular formula is C46H84N8O10P2. The average molecular weight is 971 g/mol. The molecule has 7 aliphatic rings. The van der Waals surface area contributed by atoms with Gasteiger partial charge in [-0.05, 0) is 154 Å². The molecule has 5 atom stereocenters. The molecule has 6 aliphatic carbocycles. The highest BCUT2D eigenvalue weighted by atomic mass is 31.3. The molecule has 1 unspecified atom stereocenters. The molecule has 1 aliphatic heterocycles. The van der Waals surface area contributed by atoms with Crippen molar-refractivity contribution >= 4 is 32.6 Å². The first-order valence-electron chi connectivity index (χ1n) is 26.0. The van der Waals surface area contributed by atoms with Crippen LogP contribution in [-0.2, 0) is 22.7 Å². The van der Waals surface area contributed by atoms with Crippen LogP contribution in [0.2, 0.25) is 0 Å². The molecular weight excluding hydrogens is 887 g/mol. The number of rotatable bonds is 12. The van der Waals surface area contributed by atoms with Crippen molar-refractivity contribution in [2.24, 2.45) is 0 Å². The van der Waals surface area contributed by atoms with Crippen LogP contribution in [0.15, 0.2) is 12.7 Å². The second-order valence-corrected chi connectivity index (χ2v) is 23.1. The molecule has 378 valence electrons. The van der Waals surface area contributed by atoms with Crippen LogP contribution in [0.5, 0.6) is 0 Å². The highest BCUT2D eigenvalue weighted by Gasteiger charge is 2.45. The predicted octanol–water partition coefficient (Wildman–Crippen LogP) is 3.00. The molecule has 9 rings (SSSR count). The lowest BCUT2D eigenvalue weighted by Crippen LogP contribution is -2.95. The maximum atomic E-state index is 11.3. The van der Waals surface area contributed by atoms with Crippen LogP contribution in [0.1, 0.15) is 199 Å². The first kappa shape index (κ1) is 53.7. The fourth-order valence-electron chi connectivity index (χ4n) is 11.6. The largest absolute Gasteiger partial charge is 0.790 e. The van der Waals surface area contributed by atoms with Gasteiger partial charge < -0.3 is 60.4 Å². The van der Waals surface area contributed by atoms with E-state index in [2.05, 4.69) is 39.7 Å². The second-order valence-electron chi connectivity index (χ2n) is 20.4. The summed E-state index contributed by atoms with van der Waals surface area (Å²) in [5.74, 6) is 0.0655. The Morgan fingerprint density at radius 3 is 1.30 bits per heavy atom. The van der Waals surface area contributed by atoms with E-state index in [0.29, 0.717) is 0 Å². The number of nitrogen functional groups attached to an aromatic ring is 1. The van der Waals surface area contributed by atoms with Crippen LogP contribution < -0.4 is 36.4 Å². The number of anilines is 1. The summed E-state index contributed by atoms with van der Waals surface area (Å²) >= 11 is 0. The maximum absolute atomic E-state index is 11.3. The number of aliphatic hydroxyl groups excluding tert-OH is 2. The van der Waals surface area contributed by atoms with Crippen LogP contribution in [0.25, 0.3) is 11.2 Å². The zero-order valence-corrected chi connectivity index (χ0v) is 41.3. The normalized spacial score (nSPS) is 28.0. The van der Waals surface area contributed by atoms with Gasteiger partial charge in [0.05, 0.1) is 57.0 Å². The zero-order chi connectivity index (χ0) is 46.8. The summed E-state index contributed by atoms with van der Waals surface area (Å²) in [6, 6.07) is 5.98. The number of quaternary nitrogens is 3. The predicted molar refractivity (Wildman–Crippen MR) is 245 cm³/mol. The Morgan fingerprint density at radius 2 is 0.955 bits per heavy atom. The minimum absolute atomic E-state index is 0.0655. The van der Waals surface area contributed by atoms with Gasteiger partial charge in [0, 0.05) is 0 Å². The number of ether oxygens (including phenoxy) is 1. The number of imidazole rings is 1. The highest BCUT2D eigenvalue weighted by molar-refractivity contribution is 7.58. The summed E-state index contributed by atoms with van der Waals surface area (Å²) in [5, 5.41) is 28.4. The van der Waals surface area contributed by atoms with Gasteiger partial charge in [0.2, 0.25) is 0 Å². The maximum Gasteiger partial charge on any atom is 0.271 e. The molecule has 20 heteroatoms. The highest BCUT2D eigenvalue weighted by Crippen LogP contribution is 2.51. The lowest BCUT2D eigenvalue weighted by atomic mass is 9.91. The summed E-state index contributed by atoms with van der Waals surface area (Å²) in [6.07, 6.45) is 41.4. The molecule has 0 amide bonds. The molecule has 2 aromatic rings. The van der Waals surface area contributed by atoms with E-state index in [1.165, 1.54) is 204 Å². The van der Waals surface area contributed by atoms with Crippen LogP contribution in [0.3, 0.4) is 0 Å². The number of hydrogen-bond acceptors (Lipinski definition) is 14. The van der Waals surface area contributed by atoms with Crippen molar-refractivity contribution in [3.05, 3.63) is 12.7 Å². The Kier molecular flexibility index (Phi) is 22.5. The number of hydrogen-bond donors (Lipinski definition) is 6. The molecule has 6 saturated carbocycles. The first-order valence-corrected chi connectivity index (χ1v) is 28.9. The first-order chi connectivity index (χ1) is 31.8. The summed E-state index contributed by atoms with van der Waals surface area (Å²) in [5.41, 5.74) is 6.04. The van der Waals surface area contributed by atoms with Crippen molar-refractivity contribution in [2.75, 3.05) is 12.3 Å². The van der Waals surface area contributed by atoms with E-state index in [9.17, 15) is 34.0 Å². The van der Waals surface area contributed by atoms with E-state index in [1.807, 2.05) is 0 Å². The van der Waals surface area contributed by atoms with E-state index in [0.717, 1.165) is 42.6 Å². The minimum Gasteiger partial charge on any atom is -0.790 e. The molecule has 0 aromatic carbocycles. The number of nitrogens with two attached hydrogens (primary N) is 4. The molecule has 66 heavy (non-hydrogen) atoms. The Balaban J connectivity index is 0.000000156. The van der Waals surface area contributed by atoms with Crippen LogP contribution in [0, 0.1) is 0 Å². The molecule has 7 fully saturated rings. The summed E-state index contributed by atoms with van der Waals surface area (Å²) in [4.78, 5) is 43.7. The van der Waals surface area contributed by atoms with Gasteiger partial charge in [-0.2, -0.15) is 0 Å². The Hall–Kier alpha value is -1.63. The van der Waals surface area contributed by atoms with Gasteiger partial charge in [0.15, 0.2) is 17.7 Å². The molecule has 1 saturated heterocycles. The lowest BCUT2D eigenvalue weighted by molar-refractivity contribution is -0.726. The van der Waals surface area contributed by atoms with Crippen molar-refractivity contribution in [3.63, 3.8) is 0 Å². The quantitative estimate of drug-likeness (QED) is 0.167. The van der Waals surface area contributed by atoms with E-state index >= 15 is 0 Å². The lowest BCUT2D eigenvalue weighted by Gasteiger charge is -2.35. The van der Waals surface area contributed by atoms with Crippen LogP contribution >= 0.6 is 15.6 Å². The third-order valence-corrected chi connectivity index (χ3v) is 17.2. The zero-order valence-electron chi connectivity index (χ0n) is 39.5. The number of phosphoric acid groups is 2. The topological polar surface area (TPSA) is 291 Å². The third kappa shape index (κ3) is 18.3. The number of nitrogens with zero attached hydrogens (tertiary/aromatic N) is 4. The third-order valence-electron chi connectivity index (χ3n) is 15.1. The number of phosphoric ester groups is 1. The van der Waals surface area contributed by atoms with Gasteiger partial charge in [-0.15, -0.1) is 0 Å². The van der Waals surface area contributed by atoms with Crippen molar-refractivity contribution < 1.29 is 63.5 Å². The van der Waals surface area contributed by atoms with Crippen molar-refractivity contribution in [3.8, 4) is 0 Å². The minimum atomic E-state index is -5.85. The van der Waals surface area contributed by atoms with Crippen LogP contribution in [0.4, 0.5) is 5.82 Å². The number of aromatic nitrogens is 4. The molecule has 18 nitrogen and oxygen atoms in total. The molecule has 0 radical (unpaired) electrons. The molecule has 0 spiro atoms. The molecule has 10 N–H and O–H groups in total. The van der Waals surface area contributed by atoms with E-state index in [1.54, 1.807) is 0 Å². The standard InChI is InChI=1S/3C12H23N.C10H15N5O10P2/c3*1-3-7-11(8-4-1)13-12-9-5-2-6-10-12;11-8-5-9(13-2-12-8)15(3-14-5)10-7(17)6(16)4(24-10)1-23-27(21,22)25-26(18,19)20/h3*11-13H,1-10H2;2-4,6-7,10,16-17H,1H2,(H,21,22)(H2,11,12,13)(H2,18,19,20)/t;;;4-,6-,7-,10-/m...1/s1. The summed E-state index contributed by atoms with van der Waals surface area (Å²) in [6.45, 7) is -0.931. The van der Waals surface area contributed by atoms with E-state index in [-0.39, 0.29) is 17.0 Å². The monoisotopic (exact) mass is 971 g/mol. The molecule has 3 heterocycles. The second kappa shape index (κ2) is 27.7. The van der Waals surface area contributed by atoms with Gasteiger partial charge in [-0.1, -0.05) is 38.5 Å². The summed E-state index contributed by atoms with van der Waals surface area (Å²) in [7, 11) is -11.4. The fraction of sp³-hybridized carbons (Fsp3) is 0.891. The smallest absolute Gasteiger partial charge is 0.271 e. The van der Waals surface area contributed by atoms with Gasteiger partial charge in [-0.25, -0.2) is 15.0 Å². The van der Waals surface area contributed by atoms with Crippen LogP contribution in [-0.4, -0.2) is 90.9 Å².